The van der Waals surface area contributed by atoms with E-state index in [1.165, 1.54) is 13.4 Å². The number of esters is 1. The molecule has 1 atom stereocenters. The van der Waals surface area contributed by atoms with Gasteiger partial charge in [0, 0.05) is 0 Å². The van der Waals surface area contributed by atoms with Crippen molar-refractivity contribution in [3.8, 4) is 0 Å². The minimum absolute atomic E-state index is 0.0478. The summed E-state index contributed by atoms with van der Waals surface area (Å²) in [5, 5.41) is 2.70. The van der Waals surface area contributed by atoms with Gasteiger partial charge in [0.05, 0.1) is 31.4 Å². The molecule has 112 valence electrons. The summed E-state index contributed by atoms with van der Waals surface area (Å²) in [6, 6.07) is -0.336. The maximum Gasteiger partial charge on any atom is 0.408 e. The van der Waals surface area contributed by atoms with Gasteiger partial charge in [-0.15, -0.1) is 0 Å². The molecule has 20 heavy (non-hydrogen) atoms. The SMILES string of the molecule is COC(=O)Cn1cncc1[C@@H](C)NC(=O)OC(C)(C)C. The second-order valence-corrected chi connectivity index (χ2v) is 5.39. The number of imidazole rings is 1. The average Bonchev–Trinajstić information content (AvgIpc) is 2.74. The maximum atomic E-state index is 11.7. The number of ether oxygens (including phenoxy) is 2. The quantitative estimate of drug-likeness (QED) is 0.849. The van der Waals surface area contributed by atoms with Crippen LogP contribution in [0.3, 0.4) is 0 Å². The van der Waals surface area contributed by atoms with Gasteiger partial charge in [0.2, 0.25) is 0 Å². The molecular weight excluding hydrogens is 262 g/mol. The van der Waals surface area contributed by atoms with Crippen molar-refractivity contribution in [3.63, 3.8) is 0 Å². The van der Waals surface area contributed by atoms with Crippen molar-refractivity contribution in [2.24, 2.45) is 0 Å². The number of carbonyl (C=O) groups is 2. The zero-order chi connectivity index (χ0) is 15.3. The van der Waals surface area contributed by atoms with Crippen LogP contribution in [0.15, 0.2) is 12.5 Å². The predicted molar refractivity (Wildman–Crippen MR) is 72.0 cm³/mol. The molecule has 0 aliphatic rings. The maximum absolute atomic E-state index is 11.7. The number of methoxy groups -OCH3 is 1. The highest BCUT2D eigenvalue weighted by atomic mass is 16.6. The summed E-state index contributed by atoms with van der Waals surface area (Å²) in [4.78, 5) is 27.0. The first-order chi connectivity index (χ1) is 9.23. The van der Waals surface area contributed by atoms with E-state index in [2.05, 4.69) is 15.0 Å². The fraction of sp³-hybridized carbons (Fsp3) is 0.615. The first kappa shape index (κ1) is 16.0. The van der Waals surface area contributed by atoms with Crippen LogP contribution >= 0.6 is 0 Å². The number of alkyl carbamates (subject to hydrolysis) is 1. The Labute approximate surface area is 118 Å². The Balaban J connectivity index is 2.68. The standard InChI is InChI=1S/C13H21N3O4/c1-9(15-12(18)20-13(2,3)4)10-6-14-8-16(10)7-11(17)19-5/h6,8-9H,7H2,1-5H3,(H,15,18)/t9-/m1/s1. The molecule has 1 rings (SSSR count). The summed E-state index contributed by atoms with van der Waals surface area (Å²) in [5.74, 6) is -0.381. The van der Waals surface area contributed by atoms with Crippen molar-refractivity contribution in [2.45, 2.75) is 45.9 Å². The Morgan fingerprint density at radius 3 is 2.65 bits per heavy atom. The lowest BCUT2D eigenvalue weighted by atomic mass is 10.2. The molecule has 1 aromatic heterocycles. The number of nitrogens with one attached hydrogen (secondary N) is 1. The van der Waals surface area contributed by atoms with Crippen molar-refractivity contribution in [3.05, 3.63) is 18.2 Å². The van der Waals surface area contributed by atoms with Gasteiger partial charge in [0.15, 0.2) is 0 Å². The number of carbonyl (C=O) groups excluding carboxylic acids is 2. The average molecular weight is 283 g/mol. The molecule has 0 aliphatic heterocycles. The minimum Gasteiger partial charge on any atom is -0.468 e. The van der Waals surface area contributed by atoms with E-state index in [9.17, 15) is 9.59 Å². The highest BCUT2D eigenvalue weighted by molar-refractivity contribution is 5.69. The molecule has 0 saturated heterocycles. The van der Waals surface area contributed by atoms with Crippen LogP contribution in [0, 0.1) is 0 Å². The molecule has 0 aromatic carbocycles. The van der Waals surface area contributed by atoms with Crippen molar-refractivity contribution in [1.82, 2.24) is 14.9 Å². The van der Waals surface area contributed by atoms with E-state index in [4.69, 9.17) is 4.74 Å². The van der Waals surface area contributed by atoms with Crippen LogP contribution in [0.4, 0.5) is 4.79 Å². The molecule has 1 amide bonds. The molecule has 1 N–H and O–H groups in total. The number of hydrogen-bond acceptors (Lipinski definition) is 5. The molecule has 0 fully saturated rings. The second kappa shape index (κ2) is 6.40. The Morgan fingerprint density at radius 2 is 2.10 bits per heavy atom. The molecule has 0 spiro atoms. The molecule has 0 aliphatic carbocycles. The highest BCUT2D eigenvalue weighted by Crippen LogP contribution is 2.14. The molecule has 7 heteroatoms. The molecule has 0 bridgehead atoms. The zero-order valence-corrected chi connectivity index (χ0v) is 12.5. The Bertz CT molecular complexity index is 476. The Kier molecular flexibility index (Phi) is 5.12. The third kappa shape index (κ3) is 4.91. The van der Waals surface area contributed by atoms with Crippen molar-refractivity contribution < 1.29 is 19.1 Å². The molecule has 0 radical (unpaired) electrons. The molecule has 0 unspecified atom stereocenters. The Hall–Kier alpha value is -2.05. The smallest absolute Gasteiger partial charge is 0.408 e. The molecule has 0 saturated carbocycles. The lowest BCUT2D eigenvalue weighted by molar-refractivity contribution is -0.141. The Morgan fingerprint density at radius 1 is 1.45 bits per heavy atom. The molecule has 1 aromatic rings. The third-order valence-electron chi connectivity index (χ3n) is 2.45. The van der Waals surface area contributed by atoms with E-state index < -0.39 is 11.7 Å². The van der Waals surface area contributed by atoms with Gasteiger partial charge in [-0.05, 0) is 27.7 Å². The van der Waals surface area contributed by atoms with Gasteiger partial charge in [-0.2, -0.15) is 0 Å². The van der Waals surface area contributed by atoms with E-state index in [0.29, 0.717) is 5.69 Å². The highest BCUT2D eigenvalue weighted by Gasteiger charge is 2.20. The van der Waals surface area contributed by atoms with E-state index in [-0.39, 0.29) is 18.6 Å². The fourth-order valence-electron chi connectivity index (χ4n) is 1.59. The van der Waals surface area contributed by atoms with Crippen LogP contribution in [0.1, 0.15) is 39.4 Å². The second-order valence-electron chi connectivity index (χ2n) is 5.39. The van der Waals surface area contributed by atoms with E-state index in [0.717, 1.165) is 0 Å². The number of rotatable bonds is 4. The van der Waals surface area contributed by atoms with Gasteiger partial charge in [-0.25, -0.2) is 9.78 Å². The van der Waals surface area contributed by atoms with Gasteiger partial charge in [0.1, 0.15) is 12.1 Å². The van der Waals surface area contributed by atoms with Crippen molar-refractivity contribution in [1.29, 1.82) is 0 Å². The van der Waals surface area contributed by atoms with Gasteiger partial charge < -0.3 is 19.4 Å². The van der Waals surface area contributed by atoms with Crippen LogP contribution in [0.2, 0.25) is 0 Å². The number of hydrogen-bond donors (Lipinski definition) is 1. The molecule has 7 nitrogen and oxygen atoms in total. The van der Waals surface area contributed by atoms with Gasteiger partial charge in [-0.1, -0.05) is 0 Å². The van der Waals surface area contributed by atoms with E-state index >= 15 is 0 Å². The predicted octanol–water partition coefficient (Wildman–Crippen LogP) is 1.64. The van der Waals surface area contributed by atoms with E-state index in [1.54, 1.807) is 38.5 Å². The van der Waals surface area contributed by atoms with E-state index in [1.807, 2.05) is 0 Å². The minimum atomic E-state index is -0.559. The fourth-order valence-corrected chi connectivity index (χ4v) is 1.59. The number of amides is 1. The van der Waals surface area contributed by atoms with Crippen molar-refractivity contribution >= 4 is 12.1 Å². The van der Waals surface area contributed by atoms with Gasteiger partial charge in [-0.3, -0.25) is 4.79 Å². The third-order valence-corrected chi connectivity index (χ3v) is 2.45. The van der Waals surface area contributed by atoms with Gasteiger partial charge >= 0.3 is 12.1 Å². The van der Waals surface area contributed by atoms with Crippen LogP contribution in [0.5, 0.6) is 0 Å². The number of aromatic nitrogens is 2. The first-order valence-corrected chi connectivity index (χ1v) is 6.29. The van der Waals surface area contributed by atoms with Gasteiger partial charge in [0.25, 0.3) is 0 Å². The van der Waals surface area contributed by atoms with Crippen LogP contribution in [-0.2, 0) is 20.8 Å². The summed E-state index contributed by atoms with van der Waals surface area (Å²) >= 11 is 0. The normalized spacial score (nSPS) is 12.7. The van der Waals surface area contributed by atoms with Crippen LogP contribution < -0.4 is 5.32 Å². The van der Waals surface area contributed by atoms with Crippen molar-refractivity contribution in [2.75, 3.05) is 7.11 Å². The lowest BCUT2D eigenvalue weighted by Crippen LogP contribution is -2.34. The monoisotopic (exact) mass is 283 g/mol. The summed E-state index contributed by atoms with van der Waals surface area (Å²) in [6.07, 6.45) is 2.58. The summed E-state index contributed by atoms with van der Waals surface area (Å²) in [6.45, 7) is 7.21. The first-order valence-electron chi connectivity index (χ1n) is 6.29. The summed E-state index contributed by atoms with van der Waals surface area (Å²) in [7, 11) is 1.32. The summed E-state index contributed by atoms with van der Waals surface area (Å²) in [5.41, 5.74) is 0.136. The summed E-state index contributed by atoms with van der Waals surface area (Å²) < 4.78 is 11.4. The lowest BCUT2D eigenvalue weighted by Gasteiger charge is -2.22. The number of nitrogens with zero attached hydrogens (tertiary/aromatic N) is 2. The topological polar surface area (TPSA) is 82.5 Å². The molecule has 1 heterocycles. The zero-order valence-electron chi connectivity index (χ0n) is 12.5. The largest absolute Gasteiger partial charge is 0.468 e. The molecular formula is C13H21N3O4. The van der Waals surface area contributed by atoms with Crippen LogP contribution in [0.25, 0.3) is 0 Å². The van der Waals surface area contributed by atoms with Crippen LogP contribution in [-0.4, -0.2) is 34.3 Å².